The third kappa shape index (κ3) is 1.39. The number of rotatable bonds is 3. The van der Waals surface area contributed by atoms with Crippen molar-refractivity contribution in [1.29, 1.82) is 5.41 Å². The van der Waals surface area contributed by atoms with Crippen LogP contribution in [0.4, 0.5) is 5.82 Å². The first-order valence-corrected chi connectivity index (χ1v) is 3.77. The highest BCUT2D eigenvalue weighted by Crippen LogP contribution is 2.18. The van der Waals surface area contributed by atoms with Crippen LogP contribution in [0, 0.1) is 12.3 Å². The van der Waals surface area contributed by atoms with Crippen molar-refractivity contribution in [1.82, 2.24) is 4.98 Å². The van der Waals surface area contributed by atoms with Gasteiger partial charge in [0.05, 0.1) is 0 Å². The fraction of sp³-hybridized carbons (Fsp3) is 0.222. The minimum atomic E-state index is 0.554. The molecule has 0 aliphatic carbocycles. The van der Waals surface area contributed by atoms with E-state index in [1.54, 1.807) is 13.1 Å². The summed E-state index contributed by atoms with van der Waals surface area (Å²) in [6.45, 7) is 7.30. The molecule has 1 aromatic heterocycles. The quantitative estimate of drug-likeness (QED) is 0.588. The summed E-state index contributed by atoms with van der Waals surface area (Å²) in [5.74, 6) is 0.843. The molecule has 0 saturated heterocycles. The Labute approximate surface area is 72.0 Å². The molecule has 0 amide bonds. The predicted octanol–water partition coefficient (Wildman–Crippen LogP) is 2.27. The Hall–Kier alpha value is -1.51. The summed E-state index contributed by atoms with van der Waals surface area (Å²) < 4.78 is 0. The standard InChI is InChI=1S/C9H13N3/c1-4-11-9-8(7(3)10)6(2)5-12-9/h4-5,10-12H,1H2,2-3H3. The molecule has 3 N–H and O–H groups in total. The van der Waals surface area contributed by atoms with Crippen molar-refractivity contribution >= 4 is 11.5 Å². The number of aromatic amines is 1. The molecule has 12 heavy (non-hydrogen) atoms. The second-order valence-corrected chi connectivity index (χ2v) is 2.70. The maximum atomic E-state index is 7.52. The zero-order valence-corrected chi connectivity index (χ0v) is 7.36. The van der Waals surface area contributed by atoms with Crippen molar-refractivity contribution in [3.8, 4) is 0 Å². The van der Waals surface area contributed by atoms with Crippen molar-refractivity contribution in [3.63, 3.8) is 0 Å². The lowest BCUT2D eigenvalue weighted by atomic mass is 10.1. The maximum absolute atomic E-state index is 7.52. The Morgan fingerprint density at radius 2 is 2.42 bits per heavy atom. The van der Waals surface area contributed by atoms with E-state index in [1.165, 1.54) is 0 Å². The number of anilines is 1. The van der Waals surface area contributed by atoms with Gasteiger partial charge < -0.3 is 15.7 Å². The van der Waals surface area contributed by atoms with E-state index >= 15 is 0 Å². The average molecular weight is 163 g/mol. The molecular formula is C9H13N3. The van der Waals surface area contributed by atoms with Gasteiger partial charge in [0.15, 0.2) is 0 Å². The predicted molar refractivity (Wildman–Crippen MR) is 51.9 cm³/mol. The van der Waals surface area contributed by atoms with Crippen molar-refractivity contribution in [2.45, 2.75) is 13.8 Å². The van der Waals surface area contributed by atoms with Crippen LogP contribution in [0.5, 0.6) is 0 Å². The van der Waals surface area contributed by atoms with Crippen LogP contribution >= 0.6 is 0 Å². The summed E-state index contributed by atoms with van der Waals surface area (Å²) in [7, 11) is 0. The summed E-state index contributed by atoms with van der Waals surface area (Å²) in [4.78, 5) is 3.03. The van der Waals surface area contributed by atoms with Crippen molar-refractivity contribution in [3.05, 3.63) is 30.1 Å². The largest absolute Gasteiger partial charge is 0.348 e. The Balaban J connectivity index is 3.11. The molecule has 3 heteroatoms. The molecule has 0 aromatic carbocycles. The number of hydrogen-bond donors (Lipinski definition) is 3. The van der Waals surface area contributed by atoms with Crippen molar-refractivity contribution < 1.29 is 0 Å². The molecular weight excluding hydrogens is 150 g/mol. The minimum Gasteiger partial charge on any atom is -0.348 e. The highest BCUT2D eigenvalue weighted by atomic mass is 15.0. The Bertz CT molecular complexity index is 310. The lowest BCUT2D eigenvalue weighted by Gasteiger charge is -2.01. The number of H-pyrrole nitrogens is 1. The fourth-order valence-corrected chi connectivity index (χ4v) is 1.22. The second kappa shape index (κ2) is 3.26. The van der Waals surface area contributed by atoms with Gasteiger partial charge in [0.1, 0.15) is 5.82 Å². The summed E-state index contributed by atoms with van der Waals surface area (Å²) in [5.41, 5.74) is 2.56. The smallest absolute Gasteiger partial charge is 0.116 e. The highest BCUT2D eigenvalue weighted by molar-refractivity contribution is 6.02. The number of aryl methyl sites for hydroxylation is 1. The molecule has 0 unspecified atom stereocenters. The first-order valence-electron chi connectivity index (χ1n) is 3.77. The number of nitrogens with one attached hydrogen (secondary N) is 3. The molecule has 1 aromatic rings. The lowest BCUT2D eigenvalue weighted by Crippen LogP contribution is -1.98. The molecule has 0 bridgehead atoms. The molecule has 0 spiro atoms. The molecule has 3 nitrogen and oxygen atoms in total. The molecule has 0 saturated carbocycles. The minimum absolute atomic E-state index is 0.554. The van der Waals surface area contributed by atoms with Gasteiger partial charge in [0.2, 0.25) is 0 Å². The van der Waals surface area contributed by atoms with Crippen LogP contribution in [0.25, 0.3) is 0 Å². The van der Waals surface area contributed by atoms with Crippen LogP contribution in [0.1, 0.15) is 18.1 Å². The van der Waals surface area contributed by atoms with Gasteiger partial charge in [-0.15, -0.1) is 0 Å². The van der Waals surface area contributed by atoms with Crippen LogP contribution in [0.2, 0.25) is 0 Å². The van der Waals surface area contributed by atoms with Gasteiger partial charge in [-0.1, -0.05) is 6.58 Å². The van der Waals surface area contributed by atoms with E-state index in [-0.39, 0.29) is 0 Å². The lowest BCUT2D eigenvalue weighted by molar-refractivity contribution is 1.36. The van der Waals surface area contributed by atoms with Gasteiger partial charge in [-0.3, -0.25) is 0 Å². The van der Waals surface area contributed by atoms with Crippen LogP contribution < -0.4 is 5.32 Å². The molecule has 0 radical (unpaired) electrons. The molecule has 0 fully saturated rings. The zero-order valence-electron chi connectivity index (χ0n) is 7.36. The molecule has 0 aliphatic heterocycles. The van der Waals surface area contributed by atoms with E-state index in [9.17, 15) is 0 Å². The van der Waals surface area contributed by atoms with Crippen LogP contribution in [0.15, 0.2) is 19.0 Å². The SMILES string of the molecule is C=CNc1[nH]cc(C)c1C(C)=N. The van der Waals surface area contributed by atoms with Gasteiger partial charge in [0.25, 0.3) is 0 Å². The Morgan fingerprint density at radius 3 is 2.92 bits per heavy atom. The van der Waals surface area contributed by atoms with Crippen LogP contribution in [-0.4, -0.2) is 10.7 Å². The summed E-state index contributed by atoms with van der Waals surface area (Å²) in [6, 6.07) is 0. The monoisotopic (exact) mass is 163 g/mol. The van der Waals surface area contributed by atoms with Gasteiger partial charge in [-0.25, -0.2) is 0 Å². The zero-order chi connectivity index (χ0) is 9.14. The normalized spacial score (nSPS) is 9.50. The summed E-state index contributed by atoms with van der Waals surface area (Å²) >= 11 is 0. The Kier molecular flexibility index (Phi) is 2.33. The van der Waals surface area contributed by atoms with E-state index < -0.39 is 0 Å². The molecule has 0 atom stereocenters. The average Bonchev–Trinajstić information content (AvgIpc) is 2.32. The van der Waals surface area contributed by atoms with Gasteiger partial charge in [0, 0.05) is 17.5 Å². The Morgan fingerprint density at radius 1 is 1.75 bits per heavy atom. The van der Waals surface area contributed by atoms with Crippen LogP contribution in [0.3, 0.4) is 0 Å². The second-order valence-electron chi connectivity index (χ2n) is 2.70. The van der Waals surface area contributed by atoms with E-state index in [2.05, 4.69) is 16.9 Å². The number of hydrogen-bond acceptors (Lipinski definition) is 2. The van der Waals surface area contributed by atoms with Crippen LogP contribution in [-0.2, 0) is 0 Å². The first-order chi connectivity index (χ1) is 5.66. The third-order valence-electron chi connectivity index (χ3n) is 1.70. The topological polar surface area (TPSA) is 51.7 Å². The third-order valence-corrected chi connectivity index (χ3v) is 1.70. The molecule has 1 rings (SSSR count). The fourth-order valence-electron chi connectivity index (χ4n) is 1.22. The molecule has 1 heterocycles. The van der Waals surface area contributed by atoms with E-state index in [0.29, 0.717) is 5.71 Å². The van der Waals surface area contributed by atoms with Crippen molar-refractivity contribution in [2.75, 3.05) is 5.32 Å². The summed E-state index contributed by atoms with van der Waals surface area (Å²) in [6.07, 6.45) is 3.47. The highest BCUT2D eigenvalue weighted by Gasteiger charge is 2.07. The van der Waals surface area contributed by atoms with Gasteiger partial charge in [-0.05, 0) is 25.6 Å². The van der Waals surface area contributed by atoms with Crippen molar-refractivity contribution in [2.24, 2.45) is 0 Å². The van der Waals surface area contributed by atoms with E-state index in [1.807, 2.05) is 13.1 Å². The number of aromatic nitrogens is 1. The summed E-state index contributed by atoms with van der Waals surface area (Å²) in [5, 5.41) is 10.5. The van der Waals surface area contributed by atoms with Gasteiger partial charge >= 0.3 is 0 Å². The first kappa shape index (κ1) is 8.59. The maximum Gasteiger partial charge on any atom is 0.116 e. The van der Waals surface area contributed by atoms with Gasteiger partial charge in [-0.2, -0.15) is 0 Å². The molecule has 64 valence electrons. The van der Waals surface area contributed by atoms with E-state index in [0.717, 1.165) is 16.9 Å². The van der Waals surface area contributed by atoms with E-state index in [4.69, 9.17) is 5.41 Å². The molecule has 0 aliphatic rings.